The monoisotopic (exact) mass is 727 g/mol. The third kappa shape index (κ3) is 40.4. The average Bonchev–Trinajstić information content (AvgIpc) is 3.14. The van der Waals surface area contributed by atoms with E-state index in [1.807, 2.05) is 0 Å². The molecular formula is C47H82O5. The first-order valence-corrected chi connectivity index (χ1v) is 21.8. The normalized spacial score (nSPS) is 12.8. The van der Waals surface area contributed by atoms with Crippen LogP contribution in [0.3, 0.4) is 0 Å². The minimum absolute atomic E-state index is 0.0576. The molecule has 52 heavy (non-hydrogen) atoms. The number of hydrogen-bond acceptors (Lipinski definition) is 5. The Bertz CT molecular complexity index is 915. The van der Waals surface area contributed by atoms with Crippen LogP contribution in [0.25, 0.3) is 0 Å². The first kappa shape index (κ1) is 49.6. The first-order chi connectivity index (χ1) is 25.6. The summed E-state index contributed by atoms with van der Waals surface area (Å²) in [7, 11) is 0. The van der Waals surface area contributed by atoms with Gasteiger partial charge in [-0.15, -0.1) is 0 Å². The number of carbonyl (C=O) groups is 2. The summed E-state index contributed by atoms with van der Waals surface area (Å²) in [5, 5.41) is 0. The maximum Gasteiger partial charge on any atom is 0.306 e. The molecular weight excluding hydrogens is 645 g/mol. The molecule has 300 valence electrons. The van der Waals surface area contributed by atoms with Crippen LogP contribution in [0.5, 0.6) is 0 Å². The third-order valence-electron chi connectivity index (χ3n) is 9.09. The zero-order valence-corrected chi connectivity index (χ0v) is 34.3. The Morgan fingerprint density at radius 3 is 1.27 bits per heavy atom. The maximum atomic E-state index is 12.6. The van der Waals surface area contributed by atoms with Crippen LogP contribution in [0.4, 0.5) is 0 Å². The van der Waals surface area contributed by atoms with Crippen LogP contribution in [0.1, 0.15) is 201 Å². The smallest absolute Gasteiger partial charge is 0.306 e. The van der Waals surface area contributed by atoms with Gasteiger partial charge in [0.25, 0.3) is 0 Å². The SMILES string of the molecule is CC/C=C\C/C=C\C/C=C\C/C=C\C/C=C\CCOCC(COC(=O)CCCCCCCCCCCCC)OC(=O)CCCCCCCCCCC. The zero-order chi connectivity index (χ0) is 37.8. The van der Waals surface area contributed by atoms with Gasteiger partial charge in [-0.3, -0.25) is 9.59 Å². The van der Waals surface area contributed by atoms with Crippen molar-refractivity contribution in [3.05, 3.63) is 60.8 Å². The molecule has 0 heterocycles. The summed E-state index contributed by atoms with van der Waals surface area (Å²) < 4.78 is 17.2. The van der Waals surface area contributed by atoms with Crippen LogP contribution in [0.15, 0.2) is 60.8 Å². The molecule has 0 aliphatic heterocycles. The quantitative estimate of drug-likeness (QED) is 0.0358. The molecule has 0 rings (SSSR count). The molecule has 0 aromatic rings. The number of rotatable bonds is 39. The van der Waals surface area contributed by atoms with Gasteiger partial charge in [0.15, 0.2) is 6.10 Å². The van der Waals surface area contributed by atoms with Crippen molar-refractivity contribution in [1.29, 1.82) is 0 Å². The van der Waals surface area contributed by atoms with Gasteiger partial charge in [-0.2, -0.15) is 0 Å². The Labute approximate surface area is 322 Å². The number of carbonyl (C=O) groups excluding carboxylic acids is 2. The fourth-order valence-electron chi connectivity index (χ4n) is 5.87. The summed E-state index contributed by atoms with van der Waals surface area (Å²) in [6.07, 6.45) is 52.4. The van der Waals surface area contributed by atoms with E-state index in [1.165, 1.54) is 103 Å². The van der Waals surface area contributed by atoms with Crippen LogP contribution in [-0.4, -0.2) is 37.9 Å². The Morgan fingerprint density at radius 2 is 0.827 bits per heavy atom. The fourth-order valence-corrected chi connectivity index (χ4v) is 5.87. The van der Waals surface area contributed by atoms with Crippen molar-refractivity contribution in [3.63, 3.8) is 0 Å². The predicted molar refractivity (Wildman–Crippen MR) is 224 cm³/mol. The van der Waals surface area contributed by atoms with Crippen molar-refractivity contribution in [2.24, 2.45) is 0 Å². The molecule has 1 atom stereocenters. The van der Waals surface area contributed by atoms with Crippen molar-refractivity contribution in [2.75, 3.05) is 19.8 Å². The lowest BCUT2D eigenvalue weighted by atomic mass is 10.1. The molecule has 0 fully saturated rings. The molecule has 0 aromatic carbocycles. The maximum absolute atomic E-state index is 12.6. The van der Waals surface area contributed by atoms with Crippen molar-refractivity contribution in [2.45, 2.75) is 207 Å². The van der Waals surface area contributed by atoms with E-state index < -0.39 is 6.10 Å². The minimum atomic E-state index is -0.569. The zero-order valence-electron chi connectivity index (χ0n) is 34.3. The molecule has 0 aromatic heterocycles. The van der Waals surface area contributed by atoms with E-state index in [4.69, 9.17) is 14.2 Å². The van der Waals surface area contributed by atoms with E-state index >= 15 is 0 Å². The Balaban J connectivity index is 4.34. The number of ether oxygens (including phenoxy) is 3. The molecule has 0 bridgehead atoms. The summed E-state index contributed by atoms with van der Waals surface area (Å²) in [6.45, 7) is 7.48. The molecule has 5 heteroatoms. The van der Waals surface area contributed by atoms with Crippen molar-refractivity contribution in [3.8, 4) is 0 Å². The Morgan fingerprint density at radius 1 is 0.442 bits per heavy atom. The topological polar surface area (TPSA) is 61.8 Å². The summed E-state index contributed by atoms with van der Waals surface area (Å²) in [5.41, 5.74) is 0. The first-order valence-electron chi connectivity index (χ1n) is 21.8. The highest BCUT2D eigenvalue weighted by atomic mass is 16.6. The Hall–Kier alpha value is -2.40. The second kappa shape index (κ2) is 43.0. The largest absolute Gasteiger partial charge is 0.462 e. The highest BCUT2D eigenvalue weighted by Gasteiger charge is 2.17. The average molecular weight is 727 g/mol. The fraction of sp³-hybridized carbons (Fsp3) is 0.745. The van der Waals surface area contributed by atoms with E-state index in [1.54, 1.807) is 0 Å². The summed E-state index contributed by atoms with van der Waals surface area (Å²) in [5.74, 6) is -0.439. The van der Waals surface area contributed by atoms with E-state index in [0.29, 0.717) is 19.4 Å². The van der Waals surface area contributed by atoms with Gasteiger partial charge in [0.05, 0.1) is 13.2 Å². The van der Waals surface area contributed by atoms with Crippen LogP contribution < -0.4 is 0 Å². The highest BCUT2D eigenvalue weighted by Crippen LogP contribution is 2.14. The van der Waals surface area contributed by atoms with Gasteiger partial charge in [-0.1, -0.05) is 197 Å². The minimum Gasteiger partial charge on any atom is -0.462 e. The lowest BCUT2D eigenvalue weighted by Gasteiger charge is -2.18. The summed E-state index contributed by atoms with van der Waals surface area (Å²) >= 11 is 0. The second-order valence-electron chi connectivity index (χ2n) is 14.2. The van der Waals surface area contributed by atoms with Gasteiger partial charge in [-0.25, -0.2) is 0 Å². The molecule has 0 aliphatic rings. The molecule has 0 spiro atoms. The van der Waals surface area contributed by atoms with Crippen LogP contribution in [0, 0.1) is 0 Å². The molecule has 0 aliphatic carbocycles. The second-order valence-corrected chi connectivity index (χ2v) is 14.2. The van der Waals surface area contributed by atoms with Crippen molar-refractivity contribution in [1.82, 2.24) is 0 Å². The predicted octanol–water partition coefficient (Wildman–Crippen LogP) is 14.2. The number of unbranched alkanes of at least 4 members (excludes halogenated alkanes) is 18. The van der Waals surface area contributed by atoms with E-state index in [9.17, 15) is 9.59 Å². The number of allylic oxidation sites excluding steroid dienone is 9. The number of hydrogen-bond donors (Lipinski definition) is 0. The molecule has 0 N–H and O–H groups in total. The van der Waals surface area contributed by atoms with Crippen LogP contribution in [0.2, 0.25) is 0 Å². The number of esters is 2. The molecule has 0 saturated heterocycles. The van der Waals surface area contributed by atoms with Crippen LogP contribution >= 0.6 is 0 Å². The van der Waals surface area contributed by atoms with Gasteiger partial charge in [0.1, 0.15) is 6.61 Å². The van der Waals surface area contributed by atoms with Gasteiger partial charge >= 0.3 is 11.9 Å². The highest BCUT2D eigenvalue weighted by molar-refractivity contribution is 5.70. The Kier molecular flexibility index (Phi) is 41.0. The molecule has 1 unspecified atom stereocenters. The van der Waals surface area contributed by atoms with E-state index in [2.05, 4.69) is 81.5 Å². The third-order valence-corrected chi connectivity index (χ3v) is 9.09. The van der Waals surface area contributed by atoms with E-state index in [-0.39, 0.29) is 25.2 Å². The van der Waals surface area contributed by atoms with Crippen molar-refractivity contribution < 1.29 is 23.8 Å². The lowest BCUT2D eigenvalue weighted by molar-refractivity contribution is -0.162. The van der Waals surface area contributed by atoms with Gasteiger partial charge in [-0.05, 0) is 51.4 Å². The summed E-state index contributed by atoms with van der Waals surface area (Å²) in [6, 6.07) is 0. The van der Waals surface area contributed by atoms with Gasteiger partial charge in [0.2, 0.25) is 0 Å². The van der Waals surface area contributed by atoms with Gasteiger partial charge < -0.3 is 14.2 Å². The molecule has 0 amide bonds. The van der Waals surface area contributed by atoms with Crippen molar-refractivity contribution >= 4 is 11.9 Å². The lowest BCUT2D eigenvalue weighted by Crippen LogP contribution is -2.30. The van der Waals surface area contributed by atoms with Crippen LogP contribution in [-0.2, 0) is 23.8 Å². The molecule has 0 radical (unpaired) electrons. The van der Waals surface area contributed by atoms with E-state index in [0.717, 1.165) is 64.2 Å². The standard InChI is InChI=1S/C47H82O5/c1-4-7-10-13-16-19-21-22-23-24-25-27-30-33-36-39-42-50-43-45(52-47(49)41-38-35-32-28-18-15-12-9-6-3)44-51-46(48)40-37-34-31-29-26-20-17-14-11-8-5-2/h7,10,16,19,22-23,25,27,33,36,45H,4-6,8-9,11-15,17-18,20-21,24,26,28-32,34-35,37-44H2,1-3H3/b10-7-,19-16-,23-22-,27-25-,36-33-. The molecule has 0 saturated carbocycles. The molecule has 5 nitrogen and oxygen atoms in total. The summed E-state index contributed by atoms with van der Waals surface area (Å²) in [4.78, 5) is 25.1. The van der Waals surface area contributed by atoms with Gasteiger partial charge in [0, 0.05) is 12.8 Å².